The number of nitrogen functional groups attached to an aromatic ring is 2. The molecule has 5 nitrogen and oxygen atoms in total. The molecule has 0 atom stereocenters. The van der Waals surface area contributed by atoms with Crippen molar-refractivity contribution in [3.63, 3.8) is 0 Å². The van der Waals surface area contributed by atoms with Crippen LogP contribution in [0.15, 0.2) is 23.6 Å². The Kier molecular flexibility index (Phi) is 2.73. The van der Waals surface area contributed by atoms with E-state index in [0.717, 1.165) is 4.70 Å². The molecule has 0 saturated carbocycles. The van der Waals surface area contributed by atoms with Gasteiger partial charge >= 0.3 is 0 Å². The number of anilines is 2. The zero-order chi connectivity index (χ0) is 14.3. The Morgan fingerprint density at radius 1 is 1.20 bits per heavy atom. The van der Waals surface area contributed by atoms with Crippen LogP contribution in [-0.4, -0.2) is 9.97 Å². The maximum atomic E-state index is 14.2. The number of hydrogen-bond acceptors (Lipinski definition) is 6. The summed E-state index contributed by atoms with van der Waals surface area (Å²) in [6.07, 6.45) is 0. The first-order chi connectivity index (χ1) is 9.61. The molecule has 2 aromatic heterocycles. The van der Waals surface area contributed by atoms with Crippen LogP contribution in [0.2, 0.25) is 0 Å². The van der Waals surface area contributed by atoms with Crippen molar-refractivity contribution < 1.29 is 4.39 Å². The first-order valence-electron chi connectivity index (χ1n) is 5.61. The Balaban J connectivity index is 2.45. The van der Waals surface area contributed by atoms with Gasteiger partial charge in [0.1, 0.15) is 23.3 Å². The third-order valence-corrected chi connectivity index (χ3v) is 3.77. The lowest BCUT2D eigenvalue weighted by atomic mass is 10.0. The van der Waals surface area contributed by atoms with Crippen molar-refractivity contribution in [1.82, 2.24) is 9.97 Å². The molecule has 0 spiro atoms. The average Bonchev–Trinajstić information content (AvgIpc) is 2.86. The normalized spacial score (nSPS) is 10.6. The number of nitriles is 1. The molecule has 0 radical (unpaired) electrons. The molecule has 98 valence electrons. The van der Waals surface area contributed by atoms with Crippen molar-refractivity contribution in [3.05, 3.63) is 35.0 Å². The van der Waals surface area contributed by atoms with Gasteiger partial charge in [-0.05, 0) is 23.6 Å². The minimum absolute atomic E-state index is 0.0248. The van der Waals surface area contributed by atoms with Gasteiger partial charge in [-0.2, -0.15) is 10.2 Å². The standard InChI is InChI=1S/C13H8FN5S/c14-8-1-2-9-6(3-4-20-9)10(8)11-7(5-15)12(16)19-13(17)18-11/h1-4H,(H4,16,17,18,19). The molecule has 0 aliphatic rings. The van der Waals surface area contributed by atoms with E-state index < -0.39 is 5.82 Å². The zero-order valence-electron chi connectivity index (χ0n) is 10.1. The fourth-order valence-electron chi connectivity index (χ4n) is 2.05. The van der Waals surface area contributed by atoms with E-state index >= 15 is 0 Å². The third-order valence-electron chi connectivity index (χ3n) is 2.89. The second kappa shape index (κ2) is 4.43. The van der Waals surface area contributed by atoms with Crippen molar-refractivity contribution >= 4 is 33.2 Å². The van der Waals surface area contributed by atoms with Crippen LogP contribution >= 0.6 is 11.3 Å². The van der Waals surface area contributed by atoms with Crippen LogP contribution in [0.25, 0.3) is 21.3 Å². The van der Waals surface area contributed by atoms with Gasteiger partial charge in [-0.25, -0.2) is 9.37 Å². The van der Waals surface area contributed by atoms with Gasteiger partial charge in [0.15, 0.2) is 0 Å². The molecule has 20 heavy (non-hydrogen) atoms. The highest BCUT2D eigenvalue weighted by atomic mass is 32.1. The van der Waals surface area contributed by atoms with Crippen molar-refractivity contribution in [3.8, 4) is 17.3 Å². The van der Waals surface area contributed by atoms with Gasteiger partial charge in [-0.3, -0.25) is 0 Å². The smallest absolute Gasteiger partial charge is 0.222 e. The predicted molar refractivity (Wildman–Crippen MR) is 76.3 cm³/mol. The number of thiophene rings is 1. The number of benzene rings is 1. The van der Waals surface area contributed by atoms with E-state index in [0.29, 0.717) is 5.39 Å². The van der Waals surface area contributed by atoms with Crippen LogP contribution in [0.3, 0.4) is 0 Å². The molecule has 7 heteroatoms. The highest BCUT2D eigenvalue weighted by Crippen LogP contribution is 2.35. The first kappa shape index (κ1) is 12.3. The number of aromatic nitrogens is 2. The summed E-state index contributed by atoms with van der Waals surface area (Å²) in [6.45, 7) is 0. The van der Waals surface area contributed by atoms with E-state index in [1.807, 2.05) is 11.4 Å². The fraction of sp³-hybridized carbons (Fsp3) is 0. The van der Waals surface area contributed by atoms with Gasteiger partial charge in [-0.15, -0.1) is 11.3 Å². The first-order valence-corrected chi connectivity index (χ1v) is 6.49. The van der Waals surface area contributed by atoms with E-state index in [1.54, 1.807) is 12.1 Å². The summed E-state index contributed by atoms with van der Waals surface area (Å²) >= 11 is 1.47. The molecule has 1 aromatic carbocycles. The van der Waals surface area contributed by atoms with Crippen molar-refractivity contribution in [2.75, 3.05) is 11.5 Å². The maximum Gasteiger partial charge on any atom is 0.222 e. The SMILES string of the molecule is N#Cc1c(N)nc(N)nc1-c1c(F)ccc2sccc12. The summed E-state index contributed by atoms with van der Waals surface area (Å²) in [4.78, 5) is 7.72. The molecule has 0 amide bonds. The van der Waals surface area contributed by atoms with Crippen molar-refractivity contribution in [1.29, 1.82) is 5.26 Å². The lowest BCUT2D eigenvalue weighted by Gasteiger charge is -2.09. The minimum Gasteiger partial charge on any atom is -0.382 e. The molecule has 0 fully saturated rings. The molecule has 0 aliphatic carbocycles. The summed E-state index contributed by atoms with van der Waals surface area (Å²) in [6, 6.07) is 6.69. The second-order valence-electron chi connectivity index (χ2n) is 4.06. The fourth-order valence-corrected chi connectivity index (χ4v) is 2.84. The summed E-state index contributed by atoms with van der Waals surface area (Å²) < 4.78 is 15.1. The minimum atomic E-state index is -0.482. The molecule has 2 heterocycles. The maximum absolute atomic E-state index is 14.2. The molecule has 0 bridgehead atoms. The second-order valence-corrected chi connectivity index (χ2v) is 5.00. The number of halogens is 1. The number of hydrogen-bond donors (Lipinski definition) is 2. The van der Waals surface area contributed by atoms with Crippen LogP contribution in [0.4, 0.5) is 16.2 Å². The van der Waals surface area contributed by atoms with Gasteiger partial charge < -0.3 is 11.5 Å². The van der Waals surface area contributed by atoms with Gasteiger partial charge in [0.25, 0.3) is 0 Å². The van der Waals surface area contributed by atoms with Gasteiger partial charge in [0.2, 0.25) is 5.95 Å². The van der Waals surface area contributed by atoms with Crippen molar-refractivity contribution in [2.45, 2.75) is 0 Å². The summed E-state index contributed by atoms with van der Waals surface area (Å²) in [5.41, 5.74) is 11.6. The summed E-state index contributed by atoms with van der Waals surface area (Å²) in [5, 5.41) is 11.7. The van der Waals surface area contributed by atoms with Gasteiger partial charge in [0.05, 0.1) is 5.69 Å². The topological polar surface area (TPSA) is 102 Å². The number of nitrogens with zero attached hydrogens (tertiary/aromatic N) is 3. The molecular formula is C13H8FN5S. The van der Waals surface area contributed by atoms with E-state index in [9.17, 15) is 9.65 Å². The summed E-state index contributed by atoms with van der Waals surface area (Å²) in [5.74, 6) is -0.630. The van der Waals surface area contributed by atoms with Crippen molar-refractivity contribution in [2.24, 2.45) is 0 Å². The lowest BCUT2D eigenvalue weighted by molar-refractivity contribution is 0.632. The Labute approximate surface area is 117 Å². The molecule has 3 aromatic rings. The van der Waals surface area contributed by atoms with E-state index in [2.05, 4.69) is 9.97 Å². The van der Waals surface area contributed by atoms with Gasteiger partial charge in [-0.1, -0.05) is 0 Å². The summed E-state index contributed by atoms with van der Waals surface area (Å²) in [7, 11) is 0. The van der Waals surface area contributed by atoms with Gasteiger partial charge in [0, 0.05) is 15.6 Å². The Hall–Kier alpha value is -2.72. The molecule has 3 rings (SSSR count). The number of fused-ring (bicyclic) bond motifs is 1. The Morgan fingerprint density at radius 2 is 2.00 bits per heavy atom. The molecular weight excluding hydrogens is 277 g/mol. The third kappa shape index (κ3) is 1.74. The number of nitrogens with two attached hydrogens (primary N) is 2. The van der Waals surface area contributed by atoms with Crippen LogP contribution in [0, 0.1) is 17.1 Å². The highest BCUT2D eigenvalue weighted by Gasteiger charge is 2.19. The van der Waals surface area contributed by atoms with E-state index in [1.165, 1.54) is 17.4 Å². The molecule has 0 aliphatic heterocycles. The monoisotopic (exact) mass is 285 g/mol. The number of rotatable bonds is 1. The van der Waals surface area contributed by atoms with E-state index in [-0.39, 0.29) is 28.6 Å². The predicted octanol–water partition coefficient (Wildman–Crippen LogP) is 2.53. The highest BCUT2D eigenvalue weighted by molar-refractivity contribution is 7.17. The quantitative estimate of drug-likeness (QED) is 0.715. The van der Waals surface area contributed by atoms with Crippen LogP contribution in [-0.2, 0) is 0 Å². The zero-order valence-corrected chi connectivity index (χ0v) is 10.9. The van der Waals surface area contributed by atoms with Crippen LogP contribution in [0.5, 0.6) is 0 Å². The average molecular weight is 285 g/mol. The molecule has 0 saturated heterocycles. The Morgan fingerprint density at radius 3 is 2.75 bits per heavy atom. The Bertz CT molecular complexity index is 865. The largest absolute Gasteiger partial charge is 0.382 e. The van der Waals surface area contributed by atoms with E-state index in [4.69, 9.17) is 11.5 Å². The lowest BCUT2D eigenvalue weighted by Crippen LogP contribution is -2.05. The van der Waals surface area contributed by atoms with Crippen LogP contribution in [0.1, 0.15) is 5.56 Å². The van der Waals surface area contributed by atoms with Crippen LogP contribution < -0.4 is 11.5 Å². The molecule has 4 N–H and O–H groups in total. The molecule has 0 unspecified atom stereocenters.